The van der Waals surface area contributed by atoms with Gasteiger partial charge in [0.15, 0.2) is 0 Å². The summed E-state index contributed by atoms with van der Waals surface area (Å²) in [7, 11) is 0. The van der Waals surface area contributed by atoms with Gasteiger partial charge in [0.05, 0.1) is 11.6 Å². The van der Waals surface area contributed by atoms with Crippen LogP contribution in [0.25, 0.3) is 0 Å². The van der Waals surface area contributed by atoms with Crippen molar-refractivity contribution in [1.29, 1.82) is 0 Å². The lowest BCUT2D eigenvalue weighted by Crippen LogP contribution is -2.02. The summed E-state index contributed by atoms with van der Waals surface area (Å²) in [5.41, 5.74) is 1.07. The molecule has 0 aliphatic rings. The highest BCUT2D eigenvalue weighted by molar-refractivity contribution is 9.10. The molecule has 0 amide bonds. The number of aromatic amines is 1. The van der Waals surface area contributed by atoms with Gasteiger partial charge >= 0.3 is 0 Å². The minimum Gasteiger partial charge on any atom is -0.492 e. The highest BCUT2D eigenvalue weighted by Crippen LogP contribution is 2.27. The fraction of sp³-hybridized carbons (Fsp3) is 0.250. The van der Waals surface area contributed by atoms with Gasteiger partial charge in [0.2, 0.25) is 0 Å². The number of hydrogen-bond acceptors (Lipinski definition) is 2. The zero-order valence-electron chi connectivity index (χ0n) is 9.34. The summed E-state index contributed by atoms with van der Waals surface area (Å²) < 4.78 is 6.55. The first-order chi connectivity index (χ1) is 8.15. The summed E-state index contributed by atoms with van der Waals surface area (Å²) in [5.74, 6) is 1.62. The Morgan fingerprint density at radius 2 is 2.29 bits per heavy atom. The molecule has 1 N–H and O–H groups in total. The van der Waals surface area contributed by atoms with Gasteiger partial charge < -0.3 is 9.72 Å². The third-order valence-corrected chi connectivity index (χ3v) is 3.07. The van der Waals surface area contributed by atoms with Gasteiger partial charge in [0.1, 0.15) is 11.6 Å². The first-order valence-electron chi connectivity index (χ1n) is 5.23. The van der Waals surface area contributed by atoms with Crippen molar-refractivity contribution in [2.75, 3.05) is 6.61 Å². The molecule has 0 fully saturated rings. The molecule has 0 aliphatic heterocycles. The van der Waals surface area contributed by atoms with Crippen molar-refractivity contribution in [1.82, 2.24) is 9.97 Å². The van der Waals surface area contributed by atoms with Gasteiger partial charge in [-0.05, 0) is 25.1 Å². The first-order valence-corrected chi connectivity index (χ1v) is 6.40. The lowest BCUT2D eigenvalue weighted by molar-refractivity contribution is 0.321. The maximum Gasteiger partial charge on any atom is 0.137 e. The Labute approximate surface area is 113 Å². The molecule has 0 bridgehead atoms. The fourth-order valence-corrected chi connectivity index (χ4v) is 2.19. The molecule has 0 atom stereocenters. The fourth-order valence-electron chi connectivity index (χ4n) is 1.46. The van der Waals surface area contributed by atoms with Crippen molar-refractivity contribution >= 4 is 27.5 Å². The predicted molar refractivity (Wildman–Crippen MR) is 71.7 cm³/mol. The van der Waals surface area contributed by atoms with E-state index < -0.39 is 0 Å². The van der Waals surface area contributed by atoms with Gasteiger partial charge in [-0.1, -0.05) is 27.5 Å². The maximum atomic E-state index is 6.04. The van der Waals surface area contributed by atoms with E-state index in [2.05, 4.69) is 25.9 Å². The average Bonchev–Trinajstić information content (AvgIpc) is 2.68. The Kier molecular flexibility index (Phi) is 4.07. The minimum absolute atomic E-state index is 0.572. The molecule has 0 aliphatic carbocycles. The summed E-state index contributed by atoms with van der Waals surface area (Å²) in [6.45, 7) is 2.50. The molecule has 1 aromatic carbocycles. The molecular formula is C12H12BrClN2O. The van der Waals surface area contributed by atoms with Crippen molar-refractivity contribution in [3.8, 4) is 5.75 Å². The number of aromatic nitrogens is 2. The molecular weight excluding hydrogens is 304 g/mol. The van der Waals surface area contributed by atoms with Crippen LogP contribution in [0.5, 0.6) is 5.75 Å². The van der Waals surface area contributed by atoms with Crippen LogP contribution >= 0.6 is 27.5 Å². The highest BCUT2D eigenvalue weighted by atomic mass is 79.9. The Hall–Kier alpha value is -1.00. The van der Waals surface area contributed by atoms with Crippen LogP contribution in [0.15, 0.2) is 28.9 Å². The number of aryl methyl sites for hydroxylation is 1. The van der Waals surface area contributed by atoms with Crippen LogP contribution in [0, 0.1) is 6.92 Å². The van der Waals surface area contributed by atoms with E-state index in [9.17, 15) is 0 Å². The molecule has 5 heteroatoms. The standard InChI is InChI=1S/C12H12BrClN2O/c1-8-15-7-10(16-8)4-5-17-12-3-2-9(13)6-11(12)14/h2-3,6-7H,4-5H2,1H3,(H,15,16). The Balaban J connectivity index is 1.90. The van der Waals surface area contributed by atoms with E-state index in [1.54, 1.807) is 0 Å². The van der Waals surface area contributed by atoms with Crippen molar-refractivity contribution in [2.45, 2.75) is 13.3 Å². The monoisotopic (exact) mass is 314 g/mol. The number of benzene rings is 1. The van der Waals surface area contributed by atoms with E-state index in [-0.39, 0.29) is 0 Å². The molecule has 0 spiro atoms. The molecule has 90 valence electrons. The molecule has 0 saturated heterocycles. The topological polar surface area (TPSA) is 37.9 Å². The van der Waals surface area contributed by atoms with E-state index in [1.807, 2.05) is 31.3 Å². The van der Waals surface area contributed by atoms with Crippen LogP contribution in [0.2, 0.25) is 5.02 Å². The summed E-state index contributed by atoms with van der Waals surface area (Å²) in [6, 6.07) is 5.57. The van der Waals surface area contributed by atoms with Crippen molar-refractivity contribution in [3.63, 3.8) is 0 Å². The molecule has 0 radical (unpaired) electrons. The number of rotatable bonds is 4. The molecule has 2 rings (SSSR count). The second kappa shape index (κ2) is 5.56. The average molecular weight is 316 g/mol. The van der Waals surface area contributed by atoms with Crippen molar-refractivity contribution in [2.24, 2.45) is 0 Å². The Bertz CT molecular complexity index is 513. The summed E-state index contributed by atoms with van der Waals surface area (Å²) in [4.78, 5) is 7.28. The second-order valence-electron chi connectivity index (χ2n) is 3.67. The third-order valence-electron chi connectivity index (χ3n) is 2.28. The van der Waals surface area contributed by atoms with E-state index in [0.29, 0.717) is 17.4 Å². The quantitative estimate of drug-likeness (QED) is 0.933. The number of hydrogen-bond donors (Lipinski definition) is 1. The number of nitrogens with zero attached hydrogens (tertiary/aromatic N) is 1. The molecule has 3 nitrogen and oxygen atoms in total. The summed E-state index contributed by atoms with van der Waals surface area (Å²) in [6.07, 6.45) is 2.61. The smallest absolute Gasteiger partial charge is 0.137 e. The highest BCUT2D eigenvalue weighted by Gasteiger charge is 2.03. The molecule has 2 aromatic rings. The van der Waals surface area contributed by atoms with Gasteiger partial charge in [-0.25, -0.2) is 4.98 Å². The zero-order valence-corrected chi connectivity index (χ0v) is 11.7. The van der Waals surface area contributed by atoms with Crippen molar-refractivity contribution < 1.29 is 4.74 Å². The second-order valence-corrected chi connectivity index (χ2v) is 4.99. The van der Waals surface area contributed by atoms with E-state index in [0.717, 1.165) is 22.4 Å². The maximum absolute atomic E-state index is 6.04. The van der Waals surface area contributed by atoms with E-state index in [1.165, 1.54) is 0 Å². The number of halogens is 2. The molecule has 0 unspecified atom stereocenters. The number of H-pyrrole nitrogens is 1. The normalized spacial score (nSPS) is 10.5. The largest absolute Gasteiger partial charge is 0.492 e. The molecule has 17 heavy (non-hydrogen) atoms. The van der Waals surface area contributed by atoms with Crippen LogP contribution in [0.4, 0.5) is 0 Å². The van der Waals surface area contributed by atoms with E-state index in [4.69, 9.17) is 16.3 Å². The number of ether oxygens (including phenoxy) is 1. The van der Waals surface area contributed by atoms with Crippen LogP contribution in [0.1, 0.15) is 11.5 Å². The molecule has 1 aromatic heterocycles. The number of imidazole rings is 1. The van der Waals surface area contributed by atoms with Gasteiger partial charge in [0.25, 0.3) is 0 Å². The Morgan fingerprint density at radius 3 is 2.94 bits per heavy atom. The minimum atomic E-state index is 0.572. The van der Waals surface area contributed by atoms with Gasteiger partial charge in [-0.2, -0.15) is 0 Å². The number of nitrogens with one attached hydrogen (secondary N) is 1. The molecule has 0 saturated carbocycles. The first kappa shape index (κ1) is 12.5. The van der Waals surface area contributed by atoms with Gasteiger partial charge in [-0.3, -0.25) is 0 Å². The lowest BCUT2D eigenvalue weighted by atomic mass is 10.3. The lowest BCUT2D eigenvalue weighted by Gasteiger charge is -2.07. The SMILES string of the molecule is Cc1ncc(CCOc2ccc(Br)cc2Cl)[nH]1. The van der Waals surface area contributed by atoms with Crippen LogP contribution in [-0.4, -0.2) is 16.6 Å². The van der Waals surface area contributed by atoms with Crippen LogP contribution < -0.4 is 4.74 Å². The van der Waals surface area contributed by atoms with Gasteiger partial charge in [-0.15, -0.1) is 0 Å². The van der Waals surface area contributed by atoms with Gasteiger partial charge in [0, 0.05) is 22.8 Å². The predicted octanol–water partition coefficient (Wildman–Crippen LogP) is 3.76. The van der Waals surface area contributed by atoms with Crippen LogP contribution in [0.3, 0.4) is 0 Å². The summed E-state index contributed by atoms with van der Waals surface area (Å²) >= 11 is 9.39. The summed E-state index contributed by atoms with van der Waals surface area (Å²) in [5, 5.41) is 0.611. The Morgan fingerprint density at radius 1 is 1.47 bits per heavy atom. The van der Waals surface area contributed by atoms with Crippen molar-refractivity contribution in [3.05, 3.63) is 45.4 Å². The van der Waals surface area contributed by atoms with Crippen LogP contribution in [-0.2, 0) is 6.42 Å². The molecule has 1 heterocycles. The third kappa shape index (κ3) is 3.48. The zero-order chi connectivity index (χ0) is 12.3. The van der Waals surface area contributed by atoms with E-state index >= 15 is 0 Å².